The third kappa shape index (κ3) is 1.05. The van der Waals surface area contributed by atoms with E-state index in [1.807, 2.05) is 6.92 Å². The zero-order chi connectivity index (χ0) is 9.42. The van der Waals surface area contributed by atoms with Gasteiger partial charge in [-0.1, -0.05) is 0 Å². The van der Waals surface area contributed by atoms with E-state index >= 15 is 0 Å². The molecule has 1 N–H and O–H groups in total. The van der Waals surface area contributed by atoms with Gasteiger partial charge >= 0.3 is 5.97 Å². The standard InChI is InChI=1S/C8H7N3O2/c1-5-2-3-9-8-10-4-6(7(12)13)11(5)8/h2-4H,1H3,(H,12,13). The molecule has 0 amide bonds. The lowest BCUT2D eigenvalue weighted by molar-refractivity contribution is 0.0689. The van der Waals surface area contributed by atoms with Crippen LogP contribution in [0.5, 0.6) is 0 Å². The van der Waals surface area contributed by atoms with Crippen molar-refractivity contribution in [3.05, 3.63) is 29.8 Å². The Morgan fingerprint density at radius 3 is 3.00 bits per heavy atom. The summed E-state index contributed by atoms with van der Waals surface area (Å²) in [5, 5.41) is 8.81. The molecule has 0 atom stereocenters. The average molecular weight is 177 g/mol. The molecule has 13 heavy (non-hydrogen) atoms. The van der Waals surface area contributed by atoms with Gasteiger partial charge in [0.25, 0.3) is 0 Å². The maximum absolute atomic E-state index is 10.7. The maximum atomic E-state index is 10.7. The zero-order valence-electron chi connectivity index (χ0n) is 6.93. The summed E-state index contributed by atoms with van der Waals surface area (Å²) in [6, 6.07) is 1.74. The van der Waals surface area contributed by atoms with Gasteiger partial charge in [0, 0.05) is 11.9 Å². The molecule has 0 bridgehead atoms. The van der Waals surface area contributed by atoms with Crippen LogP contribution in [0, 0.1) is 6.92 Å². The predicted octanol–water partition coefficient (Wildman–Crippen LogP) is 0.736. The van der Waals surface area contributed by atoms with Crippen molar-refractivity contribution < 1.29 is 9.90 Å². The number of carboxylic acids is 1. The molecule has 5 nitrogen and oxygen atoms in total. The number of hydrogen-bond donors (Lipinski definition) is 1. The van der Waals surface area contributed by atoms with Gasteiger partial charge in [-0.2, -0.15) is 0 Å². The third-order valence-corrected chi connectivity index (χ3v) is 1.82. The Bertz CT molecular complexity index is 475. The van der Waals surface area contributed by atoms with Gasteiger partial charge in [-0.15, -0.1) is 0 Å². The number of rotatable bonds is 1. The van der Waals surface area contributed by atoms with Gasteiger partial charge in [-0.25, -0.2) is 14.8 Å². The molecule has 0 spiro atoms. The Kier molecular flexibility index (Phi) is 1.51. The second-order valence-corrected chi connectivity index (χ2v) is 2.67. The van der Waals surface area contributed by atoms with Crippen LogP contribution >= 0.6 is 0 Å². The van der Waals surface area contributed by atoms with E-state index in [1.165, 1.54) is 10.6 Å². The molecule has 0 radical (unpaired) electrons. The zero-order valence-corrected chi connectivity index (χ0v) is 6.93. The molecule has 0 aliphatic rings. The van der Waals surface area contributed by atoms with E-state index in [0.717, 1.165) is 5.69 Å². The SMILES string of the molecule is Cc1ccnc2ncc(C(=O)O)n12. The number of nitrogens with zero attached hydrogens (tertiary/aromatic N) is 3. The Morgan fingerprint density at radius 2 is 2.31 bits per heavy atom. The number of aromatic nitrogens is 3. The summed E-state index contributed by atoms with van der Waals surface area (Å²) < 4.78 is 1.50. The molecule has 0 aromatic carbocycles. The van der Waals surface area contributed by atoms with Gasteiger partial charge in [-0.05, 0) is 13.0 Å². The highest BCUT2D eigenvalue weighted by molar-refractivity contribution is 5.86. The van der Waals surface area contributed by atoms with Crippen LogP contribution in [-0.4, -0.2) is 25.4 Å². The maximum Gasteiger partial charge on any atom is 0.354 e. The fraction of sp³-hybridized carbons (Fsp3) is 0.125. The molecule has 2 heterocycles. The van der Waals surface area contributed by atoms with Crippen molar-refractivity contribution in [2.24, 2.45) is 0 Å². The van der Waals surface area contributed by atoms with Gasteiger partial charge < -0.3 is 5.11 Å². The quantitative estimate of drug-likeness (QED) is 0.697. The van der Waals surface area contributed by atoms with E-state index in [-0.39, 0.29) is 5.69 Å². The number of imidazole rings is 1. The van der Waals surface area contributed by atoms with E-state index < -0.39 is 5.97 Å². The first-order valence-corrected chi connectivity index (χ1v) is 3.72. The van der Waals surface area contributed by atoms with Gasteiger partial charge in [0.15, 0.2) is 5.69 Å². The second kappa shape index (κ2) is 2.55. The molecule has 0 aliphatic heterocycles. The average Bonchev–Trinajstić information content (AvgIpc) is 2.49. The highest BCUT2D eigenvalue weighted by Crippen LogP contribution is 2.07. The second-order valence-electron chi connectivity index (χ2n) is 2.67. The first-order valence-electron chi connectivity index (χ1n) is 3.72. The molecule has 0 saturated heterocycles. The van der Waals surface area contributed by atoms with Crippen molar-refractivity contribution in [1.82, 2.24) is 14.4 Å². The lowest BCUT2D eigenvalue weighted by Gasteiger charge is -1.99. The van der Waals surface area contributed by atoms with Crippen molar-refractivity contribution in [3.8, 4) is 0 Å². The molecule has 0 fully saturated rings. The van der Waals surface area contributed by atoms with Crippen LogP contribution in [0.2, 0.25) is 0 Å². The number of fused-ring (bicyclic) bond motifs is 1. The molecular weight excluding hydrogens is 170 g/mol. The summed E-state index contributed by atoms with van der Waals surface area (Å²) in [5.74, 6) is -0.582. The predicted molar refractivity (Wildman–Crippen MR) is 44.7 cm³/mol. The van der Waals surface area contributed by atoms with Gasteiger partial charge in [-0.3, -0.25) is 4.40 Å². The number of aryl methyl sites for hydroxylation is 1. The molecule has 0 unspecified atom stereocenters. The van der Waals surface area contributed by atoms with Crippen molar-refractivity contribution in [1.29, 1.82) is 0 Å². The van der Waals surface area contributed by atoms with E-state index in [0.29, 0.717) is 5.78 Å². The number of carboxylic acid groups (broad SMARTS) is 1. The van der Waals surface area contributed by atoms with Crippen LogP contribution in [0.4, 0.5) is 0 Å². The largest absolute Gasteiger partial charge is 0.477 e. The van der Waals surface area contributed by atoms with Gasteiger partial charge in [0.05, 0.1) is 6.20 Å². The van der Waals surface area contributed by atoms with Gasteiger partial charge in [0.1, 0.15) is 0 Å². The van der Waals surface area contributed by atoms with Crippen molar-refractivity contribution in [3.63, 3.8) is 0 Å². The van der Waals surface area contributed by atoms with Crippen molar-refractivity contribution >= 4 is 11.7 Å². The molecule has 5 heteroatoms. The monoisotopic (exact) mass is 177 g/mol. The van der Waals surface area contributed by atoms with E-state index in [9.17, 15) is 4.79 Å². The fourth-order valence-electron chi connectivity index (χ4n) is 1.22. The Balaban J connectivity index is 2.86. The van der Waals surface area contributed by atoms with Crippen LogP contribution in [0.25, 0.3) is 5.78 Å². The van der Waals surface area contributed by atoms with Gasteiger partial charge in [0.2, 0.25) is 5.78 Å². The number of hydrogen-bond acceptors (Lipinski definition) is 3. The molecule has 2 rings (SSSR count). The highest BCUT2D eigenvalue weighted by Gasteiger charge is 2.11. The fourth-order valence-corrected chi connectivity index (χ4v) is 1.22. The van der Waals surface area contributed by atoms with Crippen molar-refractivity contribution in [2.45, 2.75) is 6.92 Å². The molecule has 66 valence electrons. The molecule has 2 aromatic heterocycles. The summed E-state index contributed by atoms with van der Waals surface area (Å²) in [4.78, 5) is 18.5. The van der Waals surface area contributed by atoms with Crippen LogP contribution in [0.1, 0.15) is 16.2 Å². The lowest BCUT2D eigenvalue weighted by Crippen LogP contribution is -2.04. The van der Waals surface area contributed by atoms with Crippen LogP contribution in [-0.2, 0) is 0 Å². The summed E-state index contributed by atoms with van der Waals surface area (Å²) in [6.07, 6.45) is 2.90. The Morgan fingerprint density at radius 1 is 1.54 bits per heavy atom. The summed E-state index contributed by atoms with van der Waals surface area (Å²) in [6.45, 7) is 1.81. The summed E-state index contributed by atoms with van der Waals surface area (Å²) in [7, 11) is 0. The van der Waals surface area contributed by atoms with E-state index in [4.69, 9.17) is 5.11 Å². The minimum absolute atomic E-state index is 0.139. The van der Waals surface area contributed by atoms with E-state index in [2.05, 4.69) is 9.97 Å². The first-order chi connectivity index (χ1) is 6.20. The summed E-state index contributed by atoms with van der Waals surface area (Å²) in [5.41, 5.74) is 0.945. The lowest BCUT2D eigenvalue weighted by atomic mass is 10.4. The third-order valence-electron chi connectivity index (χ3n) is 1.82. The highest BCUT2D eigenvalue weighted by atomic mass is 16.4. The molecule has 2 aromatic rings. The minimum Gasteiger partial charge on any atom is -0.477 e. The smallest absolute Gasteiger partial charge is 0.354 e. The minimum atomic E-state index is -0.997. The molecule has 0 saturated carbocycles. The number of aromatic carboxylic acids is 1. The first kappa shape index (κ1) is 7.72. The molecule has 0 aliphatic carbocycles. The van der Waals surface area contributed by atoms with Crippen molar-refractivity contribution in [2.75, 3.05) is 0 Å². The number of carbonyl (C=O) groups is 1. The topological polar surface area (TPSA) is 67.5 Å². The Hall–Kier alpha value is -1.91. The van der Waals surface area contributed by atoms with Crippen LogP contribution in [0.3, 0.4) is 0 Å². The molecular formula is C8H7N3O2. The summed E-state index contributed by atoms with van der Waals surface area (Å²) >= 11 is 0. The van der Waals surface area contributed by atoms with E-state index in [1.54, 1.807) is 12.3 Å². The Labute approximate surface area is 73.7 Å². The van der Waals surface area contributed by atoms with Crippen LogP contribution < -0.4 is 0 Å². The normalized spacial score (nSPS) is 10.5. The van der Waals surface area contributed by atoms with Crippen LogP contribution in [0.15, 0.2) is 18.5 Å².